The Hall–Kier alpha value is -0.420. The van der Waals surface area contributed by atoms with Crippen molar-refractivity contribution in [3.8, 4) is 0 Å². The van der Waals surface area contributed by atoms with Gasteiger partial charge in [-0.05, 0) is 40.3 Å². The van der Waals surface area contributed by atoms with Crippen molar-refractivity contribution in [3.05, 3.63) is 28.5 Å². The number of hydrogen-bond donors (Lipinski definition) is 1. The molecule has 1 aromatic rings. The summed E-state index contributed by atoms with van der Waals surface area (Å²) in [6, 6.07) is 1.79. The highest BCUT2D eigenvalue weighted by Gasteiger charge is 2.33. The molecule has 1 aliphatic rings. The van der Waals surface area contributed by atoms with Crippen molar-refractivity contribution in [3.63, 3.8) is 0 Å². The second-order valence-corrected chi connectivity index (χ2v) is 6.39. The van der Waals surface area contributed by atoms with Gasteiger partial charge in [0.1, 0.15) is 0 Å². The molecule has 0 unspecified atom stereocenters. The van der Waals surface area contributed by atoms with Crippen LogP contribution in [0.3, 0.4) is 0 Å². The fourth-order valence-corrected chi connectivity index (χ4v) is 3.51. The lowest BCUT2D eigenvalue weighted by molar-refractivity contribution is 0.0935. The minimum atomic E-state index is -0.0453. The Kier molecular flexibility index (Phi) is 4.78. The Labute approximate surface area is 124 Å². The smallest absolute Gasteiger partial charge is 0.252 e. The van der Waals surface area contributed by atoms with E-state index in [2.05, 4.69) is 42.2 Å². The molecule has 5 heteroatoms. The predicted molar refractivity (Wildman–Crippen MR) is 79.0 cm³/mol. The third kappa shape index (κ3) is 3.32. The minimum absolute atomic E-state index is 0.0453. The molecule has 0 bridgehead atoms. The highest BCUT2D eigenvalue weighted by molar-refractivity contribution is 9.10. The van der Waals surface area contributed by atoms with Crippen molar-refractivity contribution in [2.75, 3.05) is 11.9 Å². The van der Waals surface area contributed by atoms with Gasteiger partial charge in [0.25, 0.3) is 5.91 Å². The highest BCUT2D eigenvalue weighted by Crippen LogP contribution is 2.38. The second-order valence-electron chi connectivity index (χ2n) is 4.92. The number of carbonyl (C=O) groups is 1. The Morgan fingerprint density at radius 2 is 2.11 bits per heavy atom. The number of hydrogen-bond acceptors (Lipinski definition) is 2. The maximum atomic E-state index is 12.0. The van der Waals surface area contributed by atoms with Gasteiger partial charge in [0.05, 0.1) is 5.56 Å². The Morgan fingerprint density at radius 3 is 2.72 bits per heavy atom. The van der Waals surface area contributed by atoms with Crippen LogP contribution >= 0.6 is 31.9 Å². The number of amides is 1. The lowest BCUT2D eigenvalue weighted by Gasteiger charge is -2.26. The molecule has 0 atom stereocenters. The molecule has 1 amide bonds. The van der Waals surface area contributed by atoms with E-state index in [0.717, 1.165) is 16.3 Å². The number of pyridine rings is 1. The average Bonchev–Trinajstić information content (AvgIpc) is 2.85. The van der Waals surface area contributed by atoms with Gasteiger partial charge in [-0.15, -0.1) is 0 Å². The molecule has 3 nitrogen and oxygen atoms in total. The van der Waals surface area contributed by atoms with Crippen molar-refractivity contribution in [2.45, 2.75) is 25.7 Å². The number of alkyl halides is 1. The van der Waals surface area contributed by atoms with Crippen molar-refractivity contribution in [1.29, 1.82) is 0 Å². The van der Waals surface area contributed by atoms with Gasteiger partial charge in [0, 0.05) is 28.7 Å². The number of nitrogens with one attached hydrogen (secondary N) is 1. The fraction of sp³-hybridized carbons (Fsp3) is 0.538. The molecule has 98 valence electrons. The number of aromatic nitrogens is 1. The van der Waals surface area contributed by atoms with Crippen molar-refractivity contribution >= 4 is 37.8 Å². The summed E-state index contributed by atoms with van der Waals surface area (Å²) in [6.07, 6.45) is 8.17. The molecule has 1 aliphatic carbocycles. The van der Waals surface area contributed by atoms with Gasteiger partial charge >= 0.3 is 0 Å². The van der Waals surface area contributed by atoms with Gasteiger partial charge in [-0.3, -0.25) is 9.78 Å². The molecule has 0 aromatic carbocycles. The first-order valence-electron chi connectivity index (χ1n) is 6.10. The van der Waals surface area contributed by atoms with Crippen LogP contribution < -0.4 is 5.32 Å². The summed E-state index contributed by atoms with van der Waals surface area (Å²) in [6.45, 7) is 0.740. The number of carbonyl (C=O) groups excluding carboxylic acids is 1. The maximum Gasteiger partial charge on any atom is 0.252 e. The second kappa shape index (κ2) is 6.15. The zero-order chi connectivity index (χ0) is 13.0. The first kappa shape index (κ1) is 14.0. The van der Waals surface area contributed by atoms with E-state index in [1.54, 1.807) is 18.5 Å². The topological polar surface area (TPSA) is 42.0 Å². The van der Waals surface area contributed by atoms with E-state index < -0.39 is 0 Å². The lowest BCUT2D eigenvalue weighted by atomic mass is 9.89. The summed E-state index contributed by atoms with van der Waals surface area (Å²) < 4.78 is 0.825. The Morgan fingerprint density at radius 1 is 1.39 bits per heavy atom. The Bertz CT molecular complexity index is 431. The first-order chi connectivity index (χ1) is 8.65. The van der Waals surface area contributed by atoms with Gasteiger partial charge in [0.15, 0.2) is 0 Å². The van der Waals surface area contributed by atoms with Crippen LogP contribution in [0.15, 0.2) is 22.9 Å². The molecular formula is C13H16Br2N2O. The van der Waals surface area contributed by atoms with Crippen molar-refractivity contribution in [1.82, 2.24) is 10.3 Å². The van der Waals surface area contributed by atoms with E-state index in [4.69, 9.17) is 0 Å². The van der Waals surface area contributed by atoms with E-state index in [1.807, 2.05) is 0 Å². The number of rotatable bonds is 4. The van der Waals surface area contributed by atoms with Crippen LogP contribution in [0.1, 0.15) is 36.0 Å². The van der Waals surface area contributed by atoms with Crippen LogP contribution in [0, 0.1) is 5.41 Å². The normalized spacial score (nSPS) is 17.7. The molecule has 1 N–H and O–H groups in total. The lowest BCUT2D eigenvalue weighted by Crippen LogP contribution is -2.37. The van der Waals surface area contributed by atoms with E-state index in [-0.39, 0.29) is 11.3 Å². The summed E-state index contributed by atoms with van der Waals surface area (Å²) >= 11 is 6.90. The molecule has 0 radical (unpaired) electrons. The Balaban J connectivity index is 1.96. The summed E-state index contributed by atoms with van der Waals surface area (Å²) in [5.74, 6) is -0.0453. The van der Waals surface area contributed by atoms with Crippen molar-refractivity contribution in [2.24, 2.45) is 5.41 Å². The van der Waals surface area contributed by atoms with E-state index >= 15 is 0 Å². The van der Waals surface area contributed by atoms with Gasteiger partial charge in [-0.25, -0.2) is 0 Å². The molecule has 1 heterocycles. The molecule has 2 rings (SSSR count). The summed E-state index contributed by atoms with van der Waals surface area (Å²) in [5, 5.41) is 3.99. The summed E-state index contributed by atoms with van der Waals surface area (Å²) in [5.41, 5.74) is 0.849. The largest absolute Gasteiger partial charge is 0.351 e. The van der Waals surface area contributed by atoms with Crippen LogP contribution in [-0.4, -0.2) is 22.8 Å². The molecular weight excluding hydrogens is 360 g/mol. The third-order valence-corrected chi connectivity index (χ3v) is 5.16. The first-order valence-corrected chi connectivity index (χ1v) is 8.01. The third-order valence-electron chi connectivity index (χ3n) is 3.54. The number of nitrogens with zero attached hydrogens (tertiary/aromatic N) is 1. The SMILES string of the molecule is O=C(NCC1(CBr)CCCC1)c1cncc(Br)c1. The van der Waals surface area contributed by atoms with Crippen LogP contribution in [0.2, 0.25) is 0 Å². The fourth-order valence-electron chi connectivity index (χ4n) is 2.39. The molecule has 1 saturated carbocycles. The molecule has 1 fully saturated rings. The monoisotopic (exact) mass is 374 g/mol. The minimum Gasteiger partial charge on any atom is -0.351 e. The zero-order valence-electron chi connectivity index (χ0n) is 10.1. The molecule has 0 aliphatic heterocycles. The van der Waals surface area contributed by atoms with Crippen LogP contribution in [0.5, 0.6) is 0 Å². The van der Waals surface area contributed by atoms with Crippen LogP contribution in [0.4, 0.5) is 0 Å². The van der Waals surface area contributed by atoms with Gasteiger partial charge in [0.2, 0.25) is 0 Å². The van der Waals surface area contributed by atoms with Crippen LogP contribution in [-0.2, 0) is 0 Å². The molecule has 0 spiro atoms. The maximum absolute atomic E-state index is 12.0. The zero-order valence-corrected chi connectivity index (χ0v) is 13.3. The van der Waals surface area contributed by atoms with E-state index in [1.165, 1.54) is 25.7 Å². The van der Waals surface area contributed by atoms with Gasteiger partial charge in [-0.2, -0.15) is 0 Å². The van der Waals surface area contributed by atoms with Crippen LogP contribution in [0.25, 0.3) is 0 Å². The molecule has 0 saturated heterocycles. The average molecular weight is 376 g/mol. The predicted octanol–water partition coefficient (Wildman–Crippen LogP) is 3.53. The molecule has 1 aromatic heterocycles. The summed E-state index contributed by atoms with van der Waals surface area (Å²) in [4.78, 5) is 16.0. The van der Waals surface area contributed by atoms with Gasteiger partial charge in [-0.1, -0.05) is 28.8 Å². The van der Waals surface area contributed by atoms with Crippen molar-refractivity contribution < 1.29 is 4.79 Å². The van der Waals surface area contributed by atoms with E-state index in [0.29, 0.717) is 5.56 Å². The van der Waals surface area contributed by atoms with Gasteiger partial charge < -0.3 is 5.32 Å². The number of halogens is 2. The molecule has 18 heavy (non-hydrogen) atoms. The highest BCUT2D eigenvalue weighted by atomic mass is 79.9. The summed E-state index contributed by atoms with van der Waals surface area (Å²) in [7, 11) is 0. The quantitative estimate of drug-likeness (QED) is 0.818. The van der Waals surface area contributed by atoms with E-state index in [9.17, 15) is 4.79 Å². The standard InChI is InChI=1S/C13H16Br2N2O/c14-8-13(3-1-2-4-13)9-17-12(18)10-5-11(15)7-16-6-10/h5-7H,1-4,8-9H2,(H,17,18).